The normalized spacial score (nSPS) is 25.9. The monoisotopic (exact) mass is 290 g/mol. The highest BCUT2D eigenvalue weighted by molar-refractivity contribution is 5.48. The fourth-order valence-electron chi connectivity index (χ4n) is 2.83. The van der Waals surface area contributed by atoms with E-state index in [1.165, 1.54) is 12.8 Å². The quantitative estimate of drug-likeness (QED) is 0.893. The maximum Gasteiger partial charge on any atom is 0.138 e. The van der Waals surface area contributed by atoms with E-state index in [-0.39, 0.29) is 5.41 Å². The Bertz CT molecular complexity index is 507. The molecule has 1 aliphatic heterocycles. The first kappa shape index (κ1) is 14.6. The third kappa shape index (κ3) is 3.28. The molecule has 1 saturated heterocycles. The van der Waals surface area contributed by atoms with Gasteiger partial charge in [0.25, 0.3) is 0 Å². The Balaban J connectivity index is 1.80. The lowest BCUT2D eigenvalue weighted by Crippen LogP contribution is -2.31. The highest BCUT2D eigenvalue weighted by atomic mass is 16.5. The Kier molecular flexibility index (Phi) is 3.78. The Morgan fingerprint density at radius 3 is 2.48 bits per heavy atom. The summed E-state index contributed by atoms with van der Waals surface area (Å²) in [5.74, 6) is 3.37. The van der Waals surface area contributed by atoms with Crippen LogP contribution in [-0.2, 0) is 10.2 Å². The standard InChI is InChI=1S/C16H26N4O/c1-16(2,3)15-19-12(17-4)9-13(20-15)18-11-7-8-21-14(11)10-5-6-10/h9-11,14H,5-8H2,1-4H3,(H2,17,18,19,20). The van der Waals surface area contributed by atoms with Gasteiger partial charge in [0.15, 0.2) is 0 Å². The van der Waals surface area contributed by atoms with Gasteiger partial charge in [-0.2, -0.15) is 0 Å². The predicted molar refractivity (Wildman–Crippen MR) is 84.8 cm³/mol. The first-order chi connectivity index (χ1) is 9.97. The van der Waals surface area contributed by atoms with Crippen LogP contribution >= 0.6 is 0 Å². The van der Waals surface area contributed by atoms with Gasteiger partial charge in [0, 0.05) is 25.1 Å². The van der Waals surface area contributed by atoms with E-state index in [9.17, 15) is 0 Å². The fraction of sp³-hybridized carbons (Fsp3) is 0.750. The van der Waals surface area contributed by atoms with Crippen LogP contribution in [0.15, 0.2) is 6.07 Å². The molecule has 2 N–H and O–H groups in total. The third-order valence-electron chi connectivity index (χ3n) is 4.21. The van der Waals surface area contributed by atoms with Crippen LogP contribution in [0.1, 0.15) is 45.9 Å². The molecule has 2 fully saturated rings. The van der Waals surface area contributed by atoms with Crippen LogP contribution in [0.4, 0.5) is 11.6 Å². The molecule has 3 rings (SSSR count). The molecule has 5 heteroatoms. The van der Waals surface area contributed by atoms with Crippen molar-refractivity contribution < 1.29 is 4.74 Å². The number of nitrogens with one attached hydrogen (secondary N) is 2. The highest BCUT2D eigenvalue weighted by Gasteiger charge is 2.40. The molecule has 0 bridgehead atoms. The van der Waals surface area contributed by atoms with Crippen molar-refractivity contribution in [2.24, 2.45) is 5.92 Å². The molecule has 1 saturated carbocycles. The Morgan fingerprint density at radius 2 is 1.86 bits per heavy atom. The smallest absolute Gasteiger partial charge is 0.138 e. The summed E-state index contributed by atoms with van der Waals surface area (Å²) < 4.78 is 5.89. The summed E-state index contributed by atoms with van der Waals surface area (Å²) in [6, 6.07) is 2.36. The summed E-state index contributed by atoms with van der Waals surface area (Å²) in [5.41, 5.74) is -0.0641. The van der Waals surface area contributed by atoms with Crippen molar-refractivity contribution in [3.8, 4) is 0 Å². The van der Waals surface area contributed by atoms with E-state index >= 15 is 0 Å². The van der Waals surface area contributed by atoms with Gasteiger partial charge in [-0.05, 0) is 25.2 Å². The van der Waals surface area contributed by atoms with Gasteiger partial charge in [-0.1, -0.05) is 20.8 Å². The number of ether oxygens (including phenoxy) is 1. The molecule has 0 aromatic carbocycles. The van der Waals surface area contributed by atoms with E-state index in [2.05, 4.69) is 36.4 Å². The van der Waals surface area contributed by atoms with E-state index in [1.54, 1.807) is 0 Å². The lowest BCUT2D eigenvalue weighted by atomic mass is 9.96. The molecule has 21 heavy (non-hydrogen) atoms. The zero-order valence-corrected chi connectivity index (χ0v) is 13.4. The van der Waals surface area contributed by atoms with Crippen LogP contribution < -0.4 is 10.6 Å². The number of rotatable bonds is 4. The molecule has 116 valence electrons. The number of hydrogen-bond acceptors (Lipinski definition) is 5. The second-order valence-electron chi connectivity index (χ2n) is 7.17. The predicted octanol–water partition coefficient (Wildman–Crippen LogP) is 2.80. The molecule has 2 atom stereocenters. The summed E-state index contributed by atoms with van der Waals surface area (Å²) >= 11 is 0. The summed E-state index contributed by atoms with van der Waals surface area (Å²) in [4.78, 5) is 9.28. The zero-order valence-electron chi connectivity index (χ0n) is 13.4. The van der Waals surface area contributed by atoms with Crippen LogP contribution in [0, 0.1) is 5.92 Å². The van der Waals surface area contributed by atoms with Crippen molar-refractivity contribution in [3.63, 3.8) is 0 Å². The molecule has 0 spiro atoms. The van der Waals surface area contributed by atoms with Gasteiger partial charge in [0.1, 0.15) is 17.5 Å². The van der Waals surface area contributed by atoms with Crippen molar-refractivity contribution in [1.29, 1.82) is 0 Å². The van der Waals surface area contributed by atoms with Crippen LogP contribution in [0.2, 0.25) is 0 Å². The van der Waals surface area contributed by atoms with Gasteiger partial charge < -0.3 is 15.4 Å². The molecule has 2 heterocycles. The first-order valence-corrected chi connectivity index (χ1v) is 7.93. The summed E-state index contributed by atoms with van der Waals surface area (Å²) in [6.07, 6.45) is 4.03. The Morgan fingerprint density at radius 1 is 1.14 bits per heavy atom. The van der Waals surface area contributed by atoms with E-state index in [1.807, 2.05) is 13.1 Å². The van der Waals surface area contributed by atoms with Crippen molar-refractivity contribution in [2.45, 2.75) is 57.6 Å². The van der Waals surface area contributed by atoms with Crippen LogP contribution in [0.3, 0.4) is 0 Å². The second kappa shape index (κ2) is 5.44. The Hall–Kier alpha value is -1.36. The number of anilines is 2. The molecule has 0 amide bonds. The fourth-order valence-corrected chi connectivity index (χ4v) is 2.83. The number of aromatic nitrogens is 2. The molecule has 1 aromatic rings. The van der Waals surface area contributed by atoms with E-state index < -0.39 is 0 Å². The van der Waals surface area contributed by atoms with E-state index in [4.69, 9.17) is 9.72 Å². The minimum Gasteiger partial charge on any atom is -0.376 e. The van der Waals surface area contributed by atoms with Crippen molar-refractivity contribution in [1.82, 2.24) is 9.97 Å². The molecular formula is C16H26N4O. The van der Waals surface area contributed by atoms with Crippen LogP contribution in [-0.4, -0.2) is 35.8 Å². The molecule has 2 unspecified atom stereocenters. The van der Waals surface area contributed by atoms with Crippen molar-refractivity contribution >= 4 is 11.6 Å². The SMILES string of the molecule is CNc1cc(NC2CCOC2C2CC2)nc(C(C)(C)C)n1. The van der Waals surface area contributed by atoms with Gasteiger partial charge in [-0.25, -0.2) is 9.97 Å². The van der Waals surface area contributed by atoms with Crippen LogP contribution in [0.25, 0.3) is 0 Å². The van der Waals surface area contributed by atoms with E-state index in [0.29, 0.717) is 12.1 Å². The average Bonchev–Trinajstić information content (AvgIpc) is 3.18. The molecule has 2 aliphatic rings. The lowest BCUT2D eigenvalue weighted by molar-refractivity contribution is 0.0898. The van der Waals surface area contributed by atoms with Gasteiger partial charge in [0.05, 0.1) is 12.1 Å². The molecule has 5 nitrogen and oxygen atoms in total. The molecule has 1 aliphatic carbocycles. The van der Waals surface area contributed by atoms with Crippen molar-refractivity contribution in [2.75, 3.05) is 24.3 Å². The summed E-state index contributed by atoms with van der Waals surface area (Å²) in [5, 5.41) is 6.71. The van der Waals surface area contributed by atoms with E-state index in [0.717, 1.165) is 36.4 Å². The summed E-state index contributed by atoms with van der Waals surface area (Å²) in [6.45, 7) is 7.26. The number of nitrogens with zero attached hydrogens (tertiary/aromatic N) is 2. The lowest BCUT2D eigenvalue weighted by Gasteiger charge is -2.23. The summed E-state index contributed by atoms with van der Waals surface area (Å²) in [7, 11) is 1.89. The highest BCUT2D eigenvalue weighted by Crippen LogP contribution is 2.39. The van der Waals surface area contributed by atoms with Gasteiger partial charge >= 0.3 is 0 Å². The zero-order chi connectivity index (χ0) is 15.0. The number of hydrogen-bond donors (Lipinski definition) is 2. The second-order valence-corrected chi connectivity index (χ2v) is 7.17. The average molecular weight is 290 g/mol. The topological polar surface area (TPSA) is 59.1 Å². The minimum atomic E-state index is -0.0641. The van der Waals surface area contributed by atoms with Gasteiger partial charge in [0.2, 0.25) is 0 Å². The minimum absolute atomic E-state index is 0.0641. The largest absolute Gasteiger partial charge is 0.376 e. The maximum atomic E-state index is 5.89. The first-order valence-electron chi connectivity index (χ1n) is 7.93. The van der Waals surface area contributed by atoms with Gasteiger partial charge in [-0.15, -0.1) is 0 Å². The molecule has 0 radical (unpaired) electrons. The molecule has 1 aromatic heterocycles. The molecular weight excluding hydrogens is 264 g/mol. The van der Waals surface area contributed by atoms with Crippen molar-refractivity contribution in [3.05, 3.63) is 11.9 Å². The van der Waals surface area contributed by atoms with Gasteiger partial charge in [-0.3, -0.25) is 0 Å². The van der Waals surface area contributed by atoms with Crippen LogP contribution in [0.5, 0.6) is 0 Å². The maximum absolute atomic E-state index is 5.89. The Labute approximate surface area is 126 Å². The third-order valence-corrected chi connectivity index (χ3v) is 4.21.